The molecule has 90 valence electrons. The van der Waals surface area contributed by atoms with Crippen LogP contribution in [0.3, 0.4) is 0 Å². The van der Waals surface area contributed by atoms with Crippen LogP contribution in [0.1, 0.15) is 11.3 Å². The fourth-order valence-electron chi connectivity index (χ4n) is 1.96. The molecule has 2 rings (SSSR count). The van der Waals surface area contributed by atoms with Gasteiger partial charge in [-0.25, -0.2) is 4.39 Å². The number of hydrogen-bond acceptors (Lipinski definition) is 2. The van der Waals surface area contributed by atoms with E-state index in [9.17, 15) is 4.39 Å². The molecule has 0 saturated carbocycles. The van der Waals surface area contributed by atoms with Crippen LogP contribution in [0.25, 0.3) is 11.3 Å². The lowest BCUT2D eigenvalue weighted by Gasteiger charge is -2.01. The van der Waals surface area contributed by atoms with Crippen molar-refractivity contribution in [1.29, 1.82) is 0 Å². The number of nitrogens with one attached hydrogen (secondary N) is 1. The Morgan fingerprint density at radius 2 is 1.94 bits per heavy atom. The van der Waals surface area contributed by atoms with Crippen LogP contribution in [0.4, 0.5) is 4.39 Å². The monoisotopic (exact) mass is 233 g/mol. The molecule has 0 saturated heterocycles. The van der Waals surface area contributed by atoms with Crippen molar-refractivity contribution in [3.05, 3.63) is 41.3 Å². The van der Waals surface area contributed by atoms with Gasteiger partial charge in [0.15, 0.2) is 0 Å². The summed E-state index contributed by atoms with van der Waals surface area (Å²) in [5, 5.41) is 7.60. The Morgan fingerprint density at radius 3 is 2.53 bits per heavy atom. The summed E-state index contributed by atoms with van der Waals surface area (Å²) in [6, 6.07) is 6.43. The third kappa shape index (κ3) is 2.22. The van der Waals surface area contributed by atoms with E-state index >= 15 is 0 Å². The molecule has 0 fully saturated rings. The van der Waals surface area contributed by atoms with Crippen molar-refractivity contribution in [2.75, 3.05) is 7.05 Å². The van der Waals surface area contributed by atoms with Crippen molar-refractivity contribution < 1.29 is 4.39 Å². The Hall–Kier alpha value is -1.68. The Kier molecular flexibility index (Phi) is 3.24. The maximum Gasteiger partial charge on any atom is 0.123 e. The van der Waals surface area contributed by atoms with Crippen LogP contribution >= 0.6 is 0 Å². The Morgan fingerprint density at radius 1 is 1.29 bits per heavy atom. The van der Waals surface area contributed by atoms with Crippen molar-refractivity contribution >= 4 is 0 Å². The van der Waals surface area contributed by atoms with Crippen molar-refractivity contribution in [3.8, 4) is 11.3 Å². The highest BCUT2D eigenvalue weighted by molar-refractivity contribution is 5.63. The first kappa shape index (κ1) is 11.8. The van der Waals surface area contributed by atoms with E-state index in [1.165, 1.54) is 12.1 Å². The predicted octanol–water partition coefficient (Wildman–Crippen LogP) is 2.25. The van der Waals surface area contributed by atoms with Gasteiger partial charge < -0.3 is 5.32 Å². The normalized spacial score (nSPS) is 10.8. The lowest BCUT2D eigenvalue weighted by Crippen LogP contribution is -2.10. The zero-order valence-electron chi connectivity index (χ0n) is 10.3. The molecule has 3 nitrogen and oxygen atoms in total. The maximum atomic E-state index is 12.9. The van der Waals surface area contributed by atoms with Crippen LogP contribution in [0, 0.1) is 12.7 Å². The summed E-state index contributed by atoms with van der Waals surface area (Å²) < 4.78 is 14.7. The molecule has 0 aliphatic heterocycles. The minimum absolute atomic E-state index is 0.224. The number of nitrogens with zero attached hydrogens (tertiary/aromatic N) is 2. The molecule has 1 aromatic heterocycles. The Balaban J connectivity index is 2.46. The van der Waals surface area contributed by atoms with E-state index in [2.05, 4.69) is 10.4 Å². The summed E-state index contributed by atoms with van der Waals surface area (Å²) in [6.45, 7) is 2.81. The standard InChI is InChI=1S/C13H16FN3/c1-9-12(8-15-2)17(3)16-13(9)10-4-6-11(14)7-5-10/h4-7,15H,8H2,1-3H3. The average Bonchev–Trinajstić information content (AvgIpc) is 2.59. The van der Waals surface area contributed by atoms with Gasteiger partial charge in [0.1, 0.15) is 5.82 Å². The number of aromatic nitrogens is 2. The van der Waals surface area contributed by atoms with Crippen LogP contribution in [-0.4, -0.2) is 16.8 Å². The molecule has 0 spiro atoms. The van der Waals surface area contributed by atoms with Gasteiger partial charge in [0.05, 0.1) is 11.4 Å². The maximum absolute atomic E-state index is 12.9. The van der Waals surface area contributed by atoms with E-state index in [0.717, 1.165) is 29.1 Å². The van der Waals surface area contributed by atoms with Gasteiger partial charge in [-0.2, -0.15) is 5.10 Å². The number of rotatable bonds is 3. The van der Waals surface area contributed by atoms with Crippen molar-refractivity contribution in [1.82, 2.24) is 15.1 Å². The van der Waals surface area contributed by atoms with Crippen molar-refractivity contribution in [3.63, 3.8) is 0 Å². The van der Waals surface area contributed by atoms with Crippen LogP contribution in [-0.2, 0) is 13.6 Å². The smallest absolute Gasteiger partial charge is 0.123 e. The summed E-state index contributed by atoms with van der Waals surface area (Å²) in [4.78, 5) is 0. The molecule has 0 bridgehead atoms. The predicted molar refractivity (Wildman–Crippen MR) is 66.1 cm³/mol. The number of benzene rings is 1. The summed E-state index contributed by atoms with van der Waals surface area (Å²) in [5.41, 5.74) is 4.14. The van der Waals surface area contributed by atoms with Crippen molar-refractivity contribution in [2.24, 2.45) is 7.05 Å². The van der Waals surface area contributed by atoms with E-state index in [1.54, 1.807) is 12.1 Å². The van der Waals surface area contributed by atoms with Gasteiger partial charge in [-0.15, -0.1) is 0 Å². The molecule has 17 heavy (non-hydrogen) atoms. The van der Waals surface area contributed by atoms with Gasteiger partial charge in [-0.1, -0.05) is 0 Å². The summed E-state index contributed by atoms with van der Waals surface area (Å²) in [7, 11) is 3.83. The number of hydrogen-bond donors (Lipinski definition) is 1. The van der Waals surface area contributed by atoms with Crippen molar-refractivity contribution in [2.45, 2.75) is 13.5 Å². The van der Waals surface area contributed by atoms with Gasteiger partial charge in [0.25, 0.3) is 0 Å². The van der Waals surface area contributed by atoms with Gasteiger partial charge in [-0.3, -0.25) is 4.68 Å². The highest BCUT2D eigenvalue weighted by atomic mass is 19.1. The van der Waals surface area contributed by atoms with Crippen LogP contribution < -0.4 is 5.32 Å². The molecule has 1 N–H and O–H groups in total. The largest absolute Gasteiger partial charge is 0.314 e. The quantitative estimate of drug-likeness (QED) is 0.881. The first-order valence-electron chi connectivity index (χ1n) is 5.56. The molecule has 1 heterocycles. The topological polar surface area (TPSA) is 29.9 Å². The highest BCUT2D eigenvalue weighted by Gasteiger charge is 2.12. The van der Waals surface area contributed by atoms with E-state index < -0.39 is 0 Å². The second-order valence-corrected chi connectivity index (χ2v) is 4.08. The van der Waals surface area contributed by atoms with E-state index in [0.29, 0.717) is 0 Å². The molecule has 0 atom stereocenters. The zero-order valence-corrected chi connectivity index (χ0v) is 10.3. The second kappa shape index (κ2) is 4.67. The molecular formula is C13H16FN3. The fraction of sp³-hybridized carbons (Fsp3) is 0.308. The molecular weight excluding hydrogens is 217 g/mol. The van der Waals surface area contributed by atoms with Gasteiger partial charge in [0.2, 0.25) is 0 Å². The van der Waals surface area contributed by atoms with Gasteiger partial charge in [0, 0.05) is 19.2 Å². The number of halogens is 1. The zero-order chi connectivity index (χ0) is 12.4. The first-order valence-corrected chi connectivity index (χ1v) is 5.56. The summed E-state index contributed by atoms with van der Waals surface area (Å²) >= 11 is 0. The van der Waals surface area contributed by atoms with E-state index in [1.807, 2.05) is 25.7 Å². The second-order valence-electron chi connectivity index (χ2n) is 4.08. The third-order valence-corrected chi connectivity index (χ3v) is 2.89. The SMILES string of the molecule is CNCc1c(C)c(-c2ccc(F)cc2)nn1C. The fourth-order valence-corrected chi connectivity index (χ4v) is 1.96. The van der Waals surface area contributed by atoms with E-state index in [-0.39, 0.29) is 5.82 Å². The van der Waals surface area contributed by atoms with Crippen LogP contribution in [0.5, 0.6) is 0 Å². The minimum atomic E-state index is -0.224. The molecule has 0 amide bonds. The molecule has 0 aliphatic rings. The van der Waals surface area contributed by atoms with Gasteiger partial charge >= 0.3 is 0 Å². The minimum Gasteiger partial charge on any atom is -0.314 e. The molecule has 4 heteroatoms. The van der Waals surface area contributed by atoms with Crippen LogP contribution in [0.2, 0.25) is 0 Å². The number of aryl methyl sites for hydroxylation is 1. The molecule has 2 aromatic rings. The molecule has 0 radical (unpaired) electrons. The summed E-state index contributed by atoms with van der Waals surface area (Å²) in [6.07, 6.45) is 0. The highest BCUT2D eigenvalue weighted by Crippen LogP contribution is 2.24. The molecule has 0 aliphatic carbocycles. The lowest BCUT2D eigenvalue weighted by molar-refractivity contribution is 0.628. The molecule has 0 unspecified atom stereocenters. The van der Waals surface area contributed by atoms with Crippen LogP contribution in [0.15, 0.2) is 24.3 Å². The Labute approximate surface area is 100 Å². The lowest BCUT2D eigenvalue weighted by atomic mass is 10.1. The van der Waals surface area contributed by atoms with Gasteiger partial charge in [-0.05, 0) is 43.8 Å². The van der Waals surface area contributed by atoms with E-state index in [4.69, 9.17) is 0 Å². The third-order valence-electron chi connectivity index (χ3n) is 2.89. The first-order chi connectivity index (χ1) is 8.13. The molecule has 1 aromatic carbocycles. The average molecular weight is 233 g/mol. The summed E-state index contributed by atoms with van der Waals surface area (Å²) in [5.74, 6) is -0.224. The Bertz CT molecular complexity index is 514.